The third-order valence-corrected chi connectivity index (χ3v) is 4.31. The van der Waals surface area contributed by atoms with E-state index >= 15 is 0 Å². The van der Waals surface area contributed by atoms with Crippen LogP contribution in [0.15, 0.2) is 42.7 Å². The lowest BCUT2D eigenvalue weighted by molar-refractivity contribution is 0.415. The SMILES string of the molecule is COc1ccc2c(-c3cnc4c(C#N)c(N)nn4c3)c(OC)ccc2c1. The molecule has 0 unspecified atom stereocenters. The average Bonchev–Trinajstić information content (AvgIpc) is 3.00. The Morgan fingerprint density at radius 3 is 2.73 bits per heavy atom. The van der Waals surface area contributed by atoms with Crippen LogP contribution in [0.5, 0.6) is 11.5 Å². The molecule has 0 radical (unpaired) electrons. The van der Waals surface area contributed by atoms with E-state index in [1.807, 2.05) is 36.4 Å². The fourth-order valence-corrected chi connectivity index (χ4v) is 3.07. The minimum Gasteiger partial charge on any atom is -0.497 e. The number of ether oxygens (including phenoxy) is 2. The maximum atomic E-state index is 9.21. The predicted molar refractivity (Wildman–Crippen MR) is 98.2 cm³/mol. The van der Waals surface area contributed by atoms with Crippen molar-refractivity contribution in [2.75, 3.05) is 20.0 Å². The standard InChI is InChI=1S/C19H15N5O2/c1-25-13-4-5-14-11(7-13)3-6-16(26-2)17(14)12-9-22-19-15(8-20)18(21)23-24(19)10-12/h3-7,9-10H,1-2H3,(H2,21,23). The van der Waals surface area contributed by atoms with Crippen LogP contribution in [-0.4, -0.2) is 28.8 Å². The number of anilines is 1. The lowest BCUT2D eigenvalue weighted by atomic mass is 9.99. The van der Waals surface area contributed by atoms with Gasteiger partial charge in [-0.2, -0.15) is 5.26 Å². The monoisotopic (exact) mass is 345 g/mol. The van der Waals surface area contributed by atoms with Gasteiger partial charge in [0, 0.05) is 23.5 Å². The number of nitrogens with zero attached hydrogens (tertiary/aromatic N) is 4. The molecule has 4 rings (SSSR count). The number of fused-ring (bicyclic) bond motifs is 2. The van der Waals surface area contributed by atoms with E-state index in [2.05, 4.69) is 10.1 Å². The van der Waals surface area contributed by atoms with E-state index in [1.54, 1.807) is 26.6 Å². The Kier molecular flexibility index (Phi) is 3.59. The number of aromatic nitrogens is 3. The lowest BCUT2D eigenvalue weighted by Gasteiger charge is -2.13. The predicted octanol–water partition coefficient (Wildman–Crippen LogP) is 3.02. The maximum Gasteiger partial charge on any atom is 0.175 e. The van der Waals surface area contributed by atoms with E-state index in [4.69, 9.17) is 15.2 Å². The molecular formula is C19H15N5O2. The van der Waals surface area contributed by atoms with E-state index in [0.717, 1.165) is 27.6 Å². The summed E-state index contributed by atoms with van der Waals surface area (Å²) in [5, 5.41) is 15.4. The average molecular weight is 345 g/mol. The van der Waals surface area contributed by atoms with E-state index < -0.39 is 0 Å². The summed E-state index contributed by atoms with van der Waals surface area (Å²) in [4.78, 5) is 4.38. The van der Waals surface area contributed by atoms with Gasteiger partial charge in [0.2, 0.25) is 0 Å². The topological polar surface area (TPSA) is 98.5 Å². The third-order valence-electron chi connectivity index (χ3n) is 4.31. The van der Waals surface area contributed by atoms with Gasteiger partial charge in [0.25, 0.3) is 0 Å². The summed E-state index contributed by atoms with van der Waals surface area (Å²) in [5.41, 5.74) is 8.18. The molecule has 0 aliphatic carbocycles. The molecule has 4 aromatic rings. The molecule has 2 heterocycles. The van der Waals surface area contributed by atoms with Crippen LogP contribution in [0.2, 0.25) is 0 Å². The molecule has 26 heavy (non-hydrogen) atoms. The molecule has 2 N–H and O–H groups in total. The van der Waals surface area contributed by atoms with Gasteiger partial charge in [-0.15, -0.1) is 5.10 Å². The van der Waals surface area contributed by atoms with Crippen molar-refractivity contribution >= 4 is 22.2 Å². The number of hydrogen-bond donors (Lipinski definition) is 1. The third kappa shape index (κ3) is 2.28. The first kappa shape index (κ1) is 15.7. The summed E-state index contributed by atoms with van der Waals surface area (Å²) in [6.45, 7) is 0. The molecule has 0 amide bonds. The van der Waals surface area contributed by atoms with E-state index in [0.29, 0.717) is 11.4 Å². The molecule has 0 fully saturated rings. The second-order valence-electron chi connectivity index (χ2n) is 5.71. The number of rotatable bonds is 3. The van der Waals surface area contributed by atoms with E-state index in [-0.39, 0.29) is 11.4 Å². The van der Waals surface area contributed by atoms with E-state index in [1.165, 1.54) is 4.52 Å². The Morgan fingerprint density at radius 1 is 1.15 bits per heavy atom. The molecule has 0 aliphatic heterocycles. The maximum absolute atomic E-state index is 9.21. The molecular weight excluding hydrogens is 330 g/mol. The van der Waals surface area contributed by atoms with Gasteiger partial charge in [0.1, 0.15) is 23.1 Å². The Morgan fingerprint density at radius 2 is 2.00 bits per heavy atom. The highest BCUT2D eigenvalue weighted by atomic mass is 16.5. The fraction of sp³-hybridized carbons (Fsp3) is 0.105. The van der Waals surface area contributed by atoms with Crippen LogP contribution >= 0.6 is 0 Å². The highest BCUT2D eigenvalue weighted by molar-refractivity contribution is 6.00. The molecule has 7 heteroatoms. The molecule has 7 nitrogen and oxygen atoms in total. The minimum atomic E-state index is 0.159. The fourth-order valence-electron chi connectivity index (χ4n) is 3.07. The lowest BCUT2D eigenvalue weighted by Crippen LogP contribution is -1.95. The Balaban J connectivity index is 2.01. The van der Waals surface area contributed by atoms with Gasteiger partial charge in [-0.05, 0) is 35.0 Å². The first-order valence-electron chi connectivity index (χ1n) is 7.85. The second-order valence-corrected chi connectivity index (χ2v) is 5.71. The summed E-state index contributed by atoms with van der Waals surface area (Å²) in [6.07, 6.45) is 3.49. The smallest absolute Gasteiger partial charge is 0.175 e. The molecule has 2 aromatic carbocycles. The first-order chi connectivity index (χ1) is 12.7. The summed E-state index contributed by atoms with van der Waals surface area (Å²) in [5.74, 6) is 1.65. The highest BCUT2D eigenvalue weighted by Crippen LogP contribution is 2.38. The van der Waals surface area contributed by atoms with Crippen molar-refractivity contribution in [1.29, 1.82) is 5.26 Å². The van der Waals surface area contributed by atoms with Gasteiger partial charge in [-0.25, -0.2) is 9.50 Å². The molecule has 0 saturated heterocycles. The quantitative estimate of drug-likeness (QED) is 0.613. The molecule has 128 valence electrons. The summed E-state index contributed by atoms with van der Waals surface area (Å²) in [6, 6.07) is 11.8. The van der Waals surface area contributed by atoms with Crippen LogP contribution in [-0.2, 0) is 0 Å². The summed E-state index contributed by atoms with van der Waals surface area (Å²) < 4.78 is 12.4. The number of nitriles is 1. The molecule has 0 aliphatic rings. The minimum absolute atomic E-state index is 0.159. The molecule has 0 saturated carbocycles. The number of nitrogens with two attached hydrogens (primary N) is 1. The van der Waals surface area contributed by atoms with Gasteiger partial charge in [-0.3, -0.25) is 0 Å². The number of hydrogen-bond acceptors (Lipinski definition) is 6. The van der Waals surface area contributed by atoms with Gasteiger partial charge < -0.3 is 15.2 Å². The molecule has 0 atom stereocenters. The summed E-state index contributed by atoms with van der Waals surface area (Å²) in [7, 11) is 3.26. The van der Waals surface area contributed by atoms with Crippen molar-refractivity contribution in [3.05, 3.63) is 48.3 Å². The molecule has 2 aromatic heterocycles. The molecule has 0 bridgehead atoms. The van der Waals surface area contributed by atoms with Gasteiger partial charge in [-0.1, -0.05) is 6.07 Å². The van der Waals surface area contributed by atoms with Gasteiger partial charge >= 0.3 is 0 Å². The zero-order valence-corrected chi connectivity index (χ0v) is 14.2. The Labute approximate surface area is 149 Å². The van der Waals surface area contributed by atoms with Crippen LogP contribution in [0.1, 0.15) is 5.56 Å². The van der Waals surface area contributed by atoms with Crippen LogP contribution in [0.25, 0.3) is 27.5 Å². The van der Waals surface area contributed by atoms with Crippen LogP contribution < -0.4 is 15.2 Å². The van der Waals surface area contributed by atoms with Crippen LogP contribution in [0.3, 0.4) is 0 Å². The van der Waals surface area contributed by atoms with Crippen molar-refractivity contribution in [3.63, 3.8) is 0 Å². The molecule has 0 spiro atoms. The Hall–Kier alpha value is -3.79. The second kappa shape index (κ2) is 5.93. The number of methoxy groups -OCH3 is 2. The van der Waals surface area contributed by atoms with Crippen molar-refractivity contribution in [2.24, 2.45) is 0 Å². The largest absolute Gasteiger partial charge is 0.497 e. The number of benzene rings is 2. The Bertz CT molecular complexity index is 1190. The number of nitrogen functional groups attached to an aromatic ring is 1. The van der Waals surface area contributed by atoms with Gasteiger partial charge in [0.05, 0.1) is 14.2 Å². The van der Waals surface area contributed by atoms with Gasteiger partial charge in [0.15, 0.2) is 11.5 Å². The van der Waals surface area contributed by atoms with Crippen LogP contribution in [0.4, 0.5) is 5.82 Å². The van der Waals surface area contributed by atoms with Crippen molar-refractivity contribution in [1.82, 2.24) is 14.6 Å². The van der Waals surface area contributed by atoms with Crippen molar-refractivity contribution in [2.45, 2.75) is 0 Å². The zero-order chi connectivity index (χ0) is 18.3. The first-order valence-corrected chi connectivity index (χ1v) is 7.85. The van der Waals surface area contributed by atoms with E-state index in [9.17, 15) is 5.26 Å². The zero-order valence-electron chi connectivity index (χ0n) is 14.2. The summed E-state index contributed by atoms with van der Waals surface area (Å²) >= 11 is 0. The normalized spacial score (nSPS) is 10.8. The van der Waals surface area contributed by atoms with Crippen molar-refractivity contribution in [3.8, 4) is 28.7 Å². The van der Waals surface area contributed by atoms with Crippen molar-refractivity contribution < 1.29 is 9.47 Å². The van der Waals surface area contributed by atoms with Crippen LogP contribution in [0, 0.1) is 11.3 Å². The highest BCUT2D eigenvalue weighted by Gasteiger charge is 2.16.